The van der Waals surface area contributed by atoms with Crippen molar-refractivity contribution in [3.63, 3.8) is 0 Å². The number of halogens is 2. The highest BCUT2D eigenvalue weighted by Crippen LogP contribution is 2.75. The van der Waals surface area contributed by atoms with Gasteiger partial charge in [0.1, 0.15) is 5.92 Å². The van der Waals surface area contributed by atoms with Crippen molar-refractivity contribution in [2.75, 3.05) is 6.61 Å². The van der Waals surface area contributed by atoms with E-state index in [-0.39, 0.29) is 25.5 Å². The smallest absolute Gasteiger partial charge is 0.315 e. The third-order valence-electron chi connectivity index (χ3n) is 3.27. The third-order valence-corrected chi connectivity index (χ3v) is 3.27. The molecule has 0 aliphatic heterocycles. The average molecular weight is 205 g/mol. The molecule has 0 aromatic rings. The lowest BCUT2D eigenvalue weighted by Gasteiger charge is -2.33. The molecule has 0 aromatic heterocycles. The first kappa shape index (κ1) is 9.83. The van der Waals surface area contributed by atoms with Crippen molar-refractivity contribution in [1.29, 1.82) is 0 Å². The van der Waals surface area contributed by atoms with E-state index in [1.54, 1.807) is 6.92 Å². The van der Waals surface area contributed by atoms with Gasteiger partial charge >= 0.3 is 5.97 Å². The summed E-state index contributed by atoms with van der Waals surface area (Å²) in [6.45, 7) is 1.76. The maximum atomic E-state index is 13.3. The number of alkyl halides is 2. The molecule has 2 rings (SSSR count). The fourth-order valence-electron chi connectivity index (χ4n) is 2.49. The minimum Gasteiger partial charge on any atom is -0.466 e. The van der Waals surface area contributed by atoms with Crippen LogP contribution >= 0.6 is 0 Å². The quantitative estimate of drug-likeness (QED) is 0.682. The molecule has 0 saturated heterocycles. The van der Waals surface area contributed by atoms with Crippen LogP contribution in [0.25, 0.3) is 0 Å². The van der Waals surface area contributed by atoms with Crippen molar-refractivity contribution in [2.45, 2.75) is 31.7 Å². The Kier molecular flexibility index (Phi) is 1.86. The second kappa shape index (κ2) is 2.66. The van der Waals surface area contributed by atoms with Crippen LogP contribution in [0, 0.1) is 11.3 Å². The molecule has 2 fully saturated rings. The Morgan fingerprint density at radius 3 is 2.57 bits per heavy atom. The van der Waals surface area contributed by atoms with Gasteiger partial charge in [-0.15, -0.1) is 0 Å². The summed E-state index contributed by atoms with van der Waals surface area (Å²) in [5, 5.41) is 0. The molecule has 0 bridgehead atoms. The van der Waals surface area contributed by atoms with Gasteiger partial charge in [0, 0.05) is 6.04 Å². The first-order valence-electron chi connectivity index (χ1n) is 4.75. The summed E-state index contributed by atoms with van der Waals surface area (Å²) in [4.78, 5) is 11.2. The topological polar surface area (TPSA) is 52.3 Å². The summed E-state index contributed by atoms with van der Waals surface area (Å²) in [5.74, 6) is -4.91. The number of ether oxygens (including phenoxy) is 1. The van der Waals surface area contributed by atoms with Crippen LogP contribution in [0.15, 0.2) is 0 Å². The van der Waals surface area contributed by atoms with E-state index in [0.717, 1.165) is 0 Å². The van der Waals surface area contributed by atoms with Gasteiger partial charge in [0.2, 0.25) is 0 Å². The molecule has 2 N–H and O–H groups in total. The Balaban J connectivity index is 2.06. The Morgan fingerprint density at radius 1 is 1.57 bits per heavy atom. The lowest BCUT2D eigenvalue weighted by atomic mass is 9.75. The maximum absolute atomic E-state index is 13.3. The van der Waals surface area contributed by atoms with Crippen LogP contribution in [0.1, 0.15) is 19.8 Å². The number of hydrogen-bond acceptors (Lipinski definition) is 3. The van der Waals surface area contributed by atoms with E-state index in [9.17, 15) is 13.6 Å². The Labute approximate surface area is 80.6 Å². The van der Waals surface area contributed by atoms with Gasteiger partial charge in [-0.05, 0) is 19.8 Å². The van der Waals surface area contributed by atoms with Crippen LogP contribution in [0.5, 0.6) is 0 Å². The minimum absolute atomic E-state index is 0.146. The van der Waals surface area contributed by atoms with Gasteiger partial charge in [0.05, 0.1) is 12.0 Å². The number of hydrogen-bond donors (Lipinski definition) is 1. The van der Waals surface area contributed by atoms with Crippen LogP contribution in [0.2, 0.25) is 0 Å². The van der Waals surface area contributed by atoms with Gasteiger partial charge in [-0.3, -0.25) is 4.79 Å². The van der Waals surface area contributed by atoms with E-state index >= 15 is 0 Å². The standard InChI is InChI=1S/C9H13F2NO2/c1-2-14-7(13)6-8(9(6,10)11)3-5(12)4-8/h5-6H,2-4,12H2,1H3. The van der Waals surface area contributed by atoms with Crippen LogP contribution in [-0.2, 0) is 9.53 Å². The maximum Gasteiger partial charge on any atom is 0.315 e. The molecule has 3 nitrogen and oxygen atoms in total. The van der Waals surface area contributed by atoms with Crippen molar-refractivity contribution in [3.8, 4) is 0 Å². The predicted octanol–water partition coefficient (Wildman–Crippen LogP) is 0.922. The SMILES string of the molecule is CCOC(=O)C1C(F)(F)C12CC(N)C2. The van der Waals surface area contributed by atoms with Crippen molar-refractivity contribution < 1.29 is 18.3 Å². The van der Waals surface area contributed by atoms with E-state index in [1.165, 1.54) is 0 Å². The number of rotatable bonds is 2. The largest absolute Gasteiger partial charge is 0.466 e. The van der Waals surface area contributed by atoms with Crippen molar-refractivity contribution in [1.82, 2.24) is 0 Å². The Bertz CT molecular complexity index is 274. The van der Waals surface area contributed by atoms with Gasteiger partial charge in [-0.2, -0.15) is 0 Å². The number of carbonyl (C=O) groups excluding carboxylic acids is 1. The zero-order valence-electron chi connectivity index (χ0n) is 7.93. The zero-order chi connectivity index (χ0) is 10.6. The fourth-order valence-corrected chi connectivity index (χ4v) is 2.49. The fraction of sp³-hybridized carbons (Fsp3) is 0.889. The molecule has 0 heterocycles. The minimum atomic E-state index is -2.89. The van der Waals surface area contributed by atoms with Crippen molar-refractivity contribution in [2.24, 2.45) is 17.1 Å². The Morgan fingerprint density at radius 2 is 2.14 bits per heavy atom. The van der Waals surface area contributed by atoms with Crippen LogP contribution in [0.3, 0.4) is 0 Å². The highest BCUT2D eigenvalue weighted by atomic mass is 19.3. The summed E-state index contributed by atoms with van der Waals surface area (Å²) in [5.41, 5.74) is 4.31. The molecular weight excluding hydrogens is 192 g/mol. The molecule has 0 radical (unpaired) electrons. The molecule has 14 heavy (non-hydrogen) atoms. The van der Waals surface area contributed by atoms with E-state index in [1.807, 2.05) is 0 Å². The number of esters is 1. The predicted molar refractivity (Wildman–Crippen MR) is 44.7 cm³/mol. The van der Waals surface area contributed by atoms with Crippen molar-refractivity contribution >= 4 is 5.97 Å². The normalized spacial score (nSPS) is 43.1. The molecule has 1 unspecified atom stereocenters. The lowest BCUT2D eigenvalue weighted by molar-refractivity contribution is -0.147. The molecule has 2 saturated carbocycles. The summed E-state index contributed by atoms with van der Waals surface area (Å²) in [7, 11) is 0. The van der Waals surface area contributed by atoms with E-state index in [2.05, 4.69) is 4.74 Å². The molecule has 80 valence electrons. The van der Waals surface area contributed by atoms with Gasteiger partial charge in [-0.25, -0.2) is 8.78 Å². The van der Waals surface area contributed by atoms with Gasteiger partial charge in [-0.1, -0.05) is 0 Å². The van der Waals surface area contributed by atoms with Crippen LogP contribution < -0.4 is 5.73 Å². The average Bonchev–Trinajstić information content (AvgIpc) is 2.48. The second-order valence-electron chi connectivity index (χ2n) is 4.13. The highest BCUT2D eigenvalue weighted by Gasteiger charge is 2.86. The first-order chi connectivity index (χ1) is 6.45. The summed E-state index contributed by atoms with van der Waals surface area (Å²) in [6.07, 6.45) is 0.479. The molecule has 0 amide bonds. The molecule has 0 aromatic carbocycles. The molecule has 1 atom stereocenters. The summed E-state index contributed by atoms with van der Waals surface area (Å²) >= 11 is 0. The molecule has 2 aliphatic carbocycles. The monoisotopic (exact) mass is 205 g/mol. The number of nitrogens with two attached hydrogens (primary N) is 1. The van der Waals surface area contributed by atoms with E-state index in [4.69, 9.17) is 5.73 Å². The van der Waals surface area contributed by atoms with E-state index in [0.29, 0.717) is 0 Å². The highest BCUT2D eigenvalue weighted by molar-refractivity contribution is 5.80. The van der Waals surface area contributed by atoms with Crippen LogP contribution in [-0.4, -0.2) is 24.5 Å². The third kappa shape index (κ3) is 0.960. The summed E-state index contributed by atoms with van der Waals surface area (Å²) in [6, 6.07) is -0.180. The second-order valence-corrected chi connectivity index (χ2v) is 4.13. The molecule has 1 spiro atoms. The van der Waals surface area contributed by atoms with E-state index < -0.39 is 23.2 Å². The van der Waals surface area contributed by atoms with Gasteiger partial charge in [0.25, 0.3) is 5.92 Å². The van der Waals surface area contributed by atoms with Crippen LogP contribution in [0.4, 0.5) is 8.78 Å². The van der Waals surface area contributed by atoms with Gasteiger partial charge < -0.3 is 10.5 Å². The Hall–Kier alpha value is -0.710. The first-order valence-corrected chi connectivity index (χ1v) is 4.75. The molecule has 5 heteroatoms. The zero-order valence-corrected chi connectivity index (χ0v) is 7.93. The lowest BCUT2D eigenvalue weighted by Crippen LogP contribution is -2.41. The molecule has 2 aliphatic rings. The van der Waals surface area contributed by atoms with Crippen molar-refractivity contribution in [3.05, 3.63) is 0 Å². The van der Waals surface area contributed by atoms with Gasteiger partial charge in [0.15, 0.2) is 0 Å². The number of carbonyl (C=O) groups is 1. The molecular formula is C9H13F2NO2. The summed E-state index contributed by atoms with van der Waals surface area (Å²) < 4.78 is 31.2.